The summed E-state index contributed by atoms with van der Waals surface area (Å²) in [4.78, 5) is 22.5. The molecule has 0 aromatic heterocycles. The molecule has 0 amide bonds. The number of benzene rings is 2. The van der Waals surface area contributed by atoms with Crippen LogP contribution in [0.25, 0.3) is 0 Å². The van der Waals surface area contributed by atoms with Gasteiger partial charge >= 0.3 is 5.97 Å². The van der Waals surface area contributed by atoms with Gasteiger partial charge in [-0.25, -0.2) is 4.79 Å². The zero-order valence-electron chi connectivity index (χ0n) is 11.0. The lowest BCUT2D eigenvalue weighted by atomic mass is 9.80. The predicted octanol–water partition coefficient (Wildman–Crippen LogP) is 1.94. The van der Waals surface area contributed by atoms with Crippen molar-refractivity contribution in [1.29, 1.82) is 0 Å². The van der Waals surface area contributed by atoms with Gasteiger partial charge in [0.15, 0.2) is 0 Å². The van der Waals surface area contributed by atoms with Crippen molar-refractivity contribution in [3.05, 3.63) is 81.9 Å². The standard InChI is InChI=1S/C15H14N2O4/c16-15(14(18)19,12-9-5-2-6-10-12)13(17(20)21)11-7-3-1-4-8-11/h1-10,13H,16H2,(H,18,19). The average Bonchev–Trinajstić information content (AvgIpc) is 2.48. The van der Waals surface area contributed by atoms with Gasteiger partial charge in [0.2, 0.25) is 5.54 Å². The fourth-order valence-corrected chi connectivity index (χ4v) is 2.30. The Morgan fingerprint density at radius 1 is 1.10 bits per heavy atom. The highest BCUT2D eigenvalue weighted by atomic mass is 16.6. The molecule has 2 aromatic carbocycles. The van der Waals surface area contributed by atoms with Crippen LogP contribution >= 0.6 is 0 Å². The predicted molar refractivity (Wildman–Crippen MR) is 76.1 cm³/mol. The molecule has 2 unspecified atom stereocenters. The maximum atomic E-state index is 11.7. The molecule has 0 aliphatic heterocycles. The Hall–Kier alpha value is -2.73. The van der Waals surface area contributed by atoms with Crippen LogP contribution in [0.15, 0.2) is 60.7 Å². The van der Waals surface area contributed by atoms with E-state index in [0.29, 0.717) is 0 Å². The minimum absolute atomic E-state index is 0.183. The zero-order chi connectivity index (χ0) is 15.5. The SMILES string of the molecule is NC(C(=O)O)(c1ccccc1)C(c1ccccc1)[N+](=O)[O-]. The number of carbonyl (C=O) groups is 1. The van der Waals surface area contributed by atoms with Crippen LogP contribution in [-0.2, 0) is 10.3 Å². The van der Waals surface area contributed by atoms with Crippen molar-refractivity contribution in [3.63, 3.8) is 0 Å². The Bertz CT molecular complexity index is 645. The first-order valence-corrected chi connectivity index (χ1v) is 6.24. The van der Waals surface area contributed by atoms with Gasteiger partial charge in [-0.1, -0.05) is 60.7 Å². The minimum Gasteiger partial charge on any atom is -0.479 e. The Balaban J connectivity index is 2.64. The first kappa shape index (κ1) is 14.7. The van der Waals surface area contributed by atoms with Crippen LogP contribution in [0.3, 0.4) is 0 Å². The molecular formula is C15H14N2O4. The lowest BCUT2D eigenvalue weighted by molar-refractivity contribution is -0.539. The molecular weight excluding hydrogens is 272 g/mol. The van der Waals surface area contributed by atoms with Gasteiger partial charge in [0.1, 0.15) is 0 Å². The Kier molecular flexibility index (Phi) is 4.00. The van der Waals surface area contributed by atoms with Crippen LogP contribution < -0.4 is 5.73 Å². The first-order chi connectivity index (χ1) is 9.98. The molecule has 6 heteroatoms. The van der Waals surface area contributed by atoms with E-state index in [2.05, 4.69) is 0 Å². The van der Waals surface area contributed by atoms with Gasteiger partial charge in [-0.2, -0.15) is 0 Å². The molecule has 2 aromatic rings. The zero-order valence-corrected chi connectivity index (χ0v) is 11.0. The molecule has 2 rings (SSSR count). The van der Waals surface area contributed by atoms with Crippen LogP contribution in [0.1, 0.15) is 17.2 Å². The third kappa shape index (κ3) is 2.61. The van der Waals surface area contributed by atoms with Gasteiger partial charge in [-0.15, -0.1) is 0 Å². The molecule has 0 radical (unpaired) electrons. The summed E-state index contributed by atoms with van der Waals surface area (Å²) in [5, 5.41) is 21.0. The van der Waals surface area contributed by atoms with Crippen LogP contribution in [0, 0.1) is 10.1 Å². The van der Waals surface area contributed by atoms with E-state index in [4.69, 9.17) is 5.73 Å². The lowest BCUT2D eigenvalue weighted by Gasteiger charge is -2.28. The summed E-state index contributed by atoms with van der Waals surface area (Å²) in [6.07, 6.45) is 0. The first-order valence-electron chi connectivity index (χ1n) is 6.24. The highest BCUT2D eigenvalue weighted by Crippen LogP contribution is 2.35. The number of nitrogens with zero attached hydrogens (tertiary/aromatic N) is 1. The molecule has 0 heterocycles. The maximum absolute atomic E-state index is 11.7. The third-order valence-corrected chi connectivity index (χ3v) is 3.36. The summed E-state index contributed by atoms with van der Waals surface area (Å²) in [5.74, 6) is -1.45. The molecule has 0 saturated carbocycles. The van der Waals surface area contributed by atoms with Gasteiger partial charge in [0.25, 0.3) is 6.04 Å². The second kappa shape index (κ2) is 5.72. The number of carboxylic acid groups (broad SMARTS) is 1. The van der Waals surface area contributed by atoms with Crippen molar-refractivity contribution < 1.29 is 14.8 Å². The van der Waals surface area contributed by atoms with E-state index in [0.717, 1.165) is 0 Å². The normalized spacial score (nSPS) is 14.9. The van der Waals surface area contributed by atoms with Gasteiger partial charge in [-0.05, 0) is 5.56 Å². The van der Waals surface area contributed by atoms with Gasteiger partial charge in [0, 0.05) is 10.5 Å². The van der Waals surface area contributed by atoms with Crippen LogP contribution in [-0.4, -0.2) is 16.0 Å². The van der Waals surface area contributed by atoms with Crippen molar-refractivity contribution in [1.82, 2.24) is 0 Å². The van der Waals surface area contributed by atoms with E-state index >= 15 is 0 Å². The van der Waals surface area contributed by atoms with Crippen LogP contribution in [0.4, 0.5) is 0 Å². The highest BCUT2D eigenvalue weighted by molar-refractivity contribution is 5.81. The molecule has 2 atom stereocenters. The summed E-state index contributed by atoms with van der Waals surface area (Å²) >= 11 is 0. The van der Waals surface area contributed by atoms with Crippen LogP contribution in [0.2, 0.25) is 0 Å². The molecule has 0 saturated heterocycles. The Labute approximate surface area is 121 Å². The second-order valence-electron chi connectivity index (χ2n) is 4.64. The van der Waals surface area contributed by atoms with E-state index in [1.807, 2.05) is 0 Å². The van der Waals surface area contributed by atoms with Gasteiger partial charge in [-0.3, -0.25) is 10.1 Å². The average molecular weight is 286 g/mol. The quantitative estimate of drug-likeness (QED) is 0.645. The van der Waals surface area contributed by atoms with E-state index in [1.165, 1.54) is 24.3 Å². The monoisotopic (exact) mass is 286 g/mol. The maximum Gasteiger partial charge on any atom is 0.336 e. The van der Waals surface area contributed by atoms with Crippen molar-refractivity contribution in [2.75, 3.05) is 0 Å². The van der Waals surface area contributed by atoms with Crippen molar-refractivity contribution in [2.45, 2.75) is 11.6 Å². The number of nitro groups is 1. The summed E-state index contributed by atoms with van der Waals surface area (Å²) in [6, 6.07) is 14.2. The molecule has 0 fully saturated rings. The second-order valence-corrected chi connectivity index (χ2v) is 4.64. The number of rotatable bonds is 5. The van der Waals surface area contributed by atoms with Gasteiger partial charge in [0.05, 0.1) is 0 Å². The van der Waals surface area contributed by atoms with E-state index in [9.17, 15) is 20.0 Å². The fraction of sp³-hybridized carbons (Fsp3) is 0.133. The molecule has 6 nitrogen and oxygen atoms in total. The molecule has 108 valence electrons. The third-order valence-electron chi connectivity index (χ3n) is 3.36. The number of hydrogen-bond donors (Lipinski definition) is 2. The summed E-state index contributed by atoms with van der Waals surface area (Å²) in [6.45, 7) is 0. The van der Waals surface area contributed by atoms with Crippen molar-refractivity contribution in [3.8, 4) is 0 Å². The Morgan fingerprint density at radius 2 is 1.57 bits per heavy atom. The summed E-state index contributed by atoms with van der Waals surface area (Å²) in [7, 11) is 0. The van der Waals surface area contributed by atoms with Crippen molar-refractivity contribution in [2.24, 2.45) is 5.73 Å². The fourth-order valence-electron chi connectivity index (χ4n) is 2.30. The number of hydrogen-bond acceptors (Lipinski definition) is 4. The number of nitrogens with two attached hydrogens (primary N) is 1. The Morgan fingerprint density at radius 3 is 2.00 bits per heavy atom. The smallest absolute Gasteiger partial charge is 0.336 e. The van der Waals surface area contributed by atoms with Gasteiger partial charge < -0.3 is 10.8 Å². The van der Waals surface area contributed by atoms with Crippen molar-refractivity contribution >= 4 is 5.97 Å². The summed E-state index contributed by atoms with van der Waals surface area (Å²) in [5.41, 5.74) is 4.28. The topological polar surface area (TPSA) is 106 Å². The van der Waals surface area contributed by atoms with E-state index in [1.54, 1.807) is 36.4 Å². The molecule has 0 aliphatic rings. The van der Waals surface area contributed by atoms with E-state index < -0.39 is 22.5 Å². The van der Waals surface area contributed by atoms with E-state index in [-0.39, 0.29) is 11.1 Å². The molecule has 0 bridgehead atoms. The molecule has 21 heavy (non-hydrogen) atoms. The summed E-state index contributed by atoms with van der Waals surface area (Å²) < 4.78 is 0. The highest BCUT2D eigenvalue weighted by Gasteiger charge is 2.52. The van der Waals surface area contributed by atoms with Crippen LogP contribution in [0.5, 0.6) is 0 Å². The minimum atomic E-state index is -2.15. The molecule has 0 spiro atoms. The largest absolute Gasteiger partial charge is 0.479 e. The number of carboxylic acids is 1. The molecule has 3 N–H and O–H groups in total. The lowest BCUT2D eigenvalue weighted by Crippen LogP contribution is -2.52. The number of aliphatic carboxylic acids is 1. The molecule has 0 aliphatic carbocycles.